The molecular weight excluding hydrogens is 200 g/mol. The largest absolute Gasteiger partial charge is 0.472 e. The number of hydrogen-bond acceptors (Lipinski definition) is 2. The van der Waals surface area contributed by atoms with E-state index in [1.165, 1.54) is 32.1 Å². The molecule has 0 atom stereocenters. The lowest BCUT2D eigenvalue weighted by Crippen LogP contribution is -2.01. The van der Waals surface area contributed by atoms with Crippen molar-refractivity contribution in [1.82, 2.24) is 0 Å². The van der Waals surface area contributed by atoms with Crippen molar-refractivity contribution in [2.45, 2.75) is 58.3 Å². The quantitative estimate of drug-likeness (QED) is 0.588. The molecule has 0 saturated heterocycles. The SMILES string of the molecule is CCCCCCCCC(=O)Cc1ccoc1. The van der Waals surface area contributed by atoms with Crippen molar-refractivity contribution in [2.75, 3.05) is 0 Å². The van der Waals surface area contributed by atoms with Crippen LogP contribution in [0.5, 0.6) is 0 Å². The molecule has 1 rings (SSSR count). The van der Waals surface area contributed by atoms with E-state index >= 15 is 0 Å². The van der Waals surface area contributed by atoms with Crippen LogP contribution in [-0.4, -0.2) is 5.78 Å². The molecule has 0 saturated carbocycles. The van der Waals surface area contributed by atoms with Crippen molar-refractivity contribution in [3.8, 4) is 0 Å². The number of carbonyl (C=O) groups is 1. The highest BCUT2D eigenvalue weighted by molar-refractivity contribution is 5.80. The summed E-state index contributed by atoms with van der Waals surface area (Å²) < 4.78 is 4.93. The summed E-state index contributed by atoms with van der Waals surface area (Å²) >= 11 is 0. The Balaban J connectivity index is 1.98. The summed E-state index contributed by atoms with van der Waals surface area (Å²) in [4.78, 5) is 11.6. The Morgan fingerprint density at radius 1 is 1.19 bits per heavy atom. The molecule has 1 aromatic heterocycles. The van der Waals surface area contributed by atoms with Crippen molar-refractivity contribution in [2.24, 2.45) is 0 Å². The predicted octanol–water partition coefficient (Wildman–Crippen LogP) is 4.14. The molecule has 1 aromatic rings. The number of Topliss-reactive ketones (excluding diaryl/α,β-unsaturated/α-hetero) is 1. The smallest absolute Gasteiger partial charge is 0.137 e. The van der Waals surface area contributed by atoms with Crippen molar-refractivity contribution < 1.29 is 9.21 Å². The molecule has 0 aromatic carbocycles. The monoisotopic (exact) mass is 222 g/mol. The van der Waals surface area contributed by atoms with Gasteiger partial charge in [0.2, 0.25) is 0 Å². The fourth-order valence-electron chi connectivity index (χ4n) is 1.81. The first kappa shape index (κ1) is 13.0. The van der Waals surface area contributed by atoms with Gasteiger partial charge in [-0.05, 0) is 18.1 Å². The third-order valence-corrected chi connectivity index (χ3v) is 2.79. The maximum absolute atomic E-state index is 11.6. The van der Waals surface area contributed by atoms with Gasteiger partial charge in [0.15, 0.2) is 0 Å². The molecule has 1 heterocycles. The van der Waals surface area contributed by atoms with Gasteiger partial charge in [0.25, 0.3) is 0 Å². The lowest BCUT2D eigenvalue weighted by atomic mass is 10.0. The lowest BCUT2D eigenvalue weighted by Gasteiger charge is -2.00. The Kier molecular flexibility index (Phi) is 6.62. The van der Waals surface area contributed by atoms with Crippen LogP contribution in [-0.2, 0) is 11.2 Å². The lowest BCUT2D eigenvalue weighted by molar-refractivity contribution is -0.118. The normalized spacial score (nSPS) is 10.6. The van der Waals surface area contributed by atoms with Crippen LogP contribution in [0.1, 0.15) is 57.4 Å². The minimum Gasteiger partial charge on any atom is -0.472 e. The first-order chi connectivity index (χ1) is 7.83. The van der Waals surface area contributed by atoms with Crippen LogP contribution in [0.3, 0.4) is 0 Å². The second-order valence-corrected chi connectivity index (χ2v) is 4.36. The van der Waals surface area contributed by atoms with Gasteiger partial charge >= 0.3 is 0 Å². The van der Waals surface area contributed by atoms with E-state index in [0.717, 1.165) is 18.4 Å². The summed E-state index contributed by atoms with van der Waals surface area (Å²) in [6, 6.07) is 1.86. The van der Waals surface area contributed by atoms with Crippen molar-refractivity contribution in [1.29, 1.82) is 0 Å². The third kappa shape index (κ3) is 5.74. The van der Waals surface area contributed by atoms with E-state index in [0.29, 0.717) is 12.2 Å². The number of unbranched alkanes of at least 4 members (excludes halogenated alkanes) is 5. The van der Waals surface area contributed by atoms with E-state index in [2.05, 4.69) is 6.92 Å². The standard InChI is InChI=1S/C14H22O2/c1-2-3-4-5-6-7-8-14(15)11-13-9-10-16-12-13/h9-10,12H,2-8,11H2,1H3. The molecule has 0 aliphatic carbocycles. The Morgan fingerprint density at radius 3 is 2.62 bits per heavy atom. The summed E-state index contributed by atoms with van der Waals surface area (Å²) in [5.41, 5.74) is 0.996. The summed E-state index contributed by atoms with van der Waals surface area (Å²) in [5.74, 6) is 0.330. The number of carbonyl (C=O) groups excluding carboxylic acids is 1. The highest BCUT2D eigenvalue weighted by Crippen LogP contribution is 2.09. The highest BCUT2D eigenvalue weighted by Gasteiger charge is 2.04. The zero-order chi connectivity index (χ0) is 11.6. The average Bonchev–Trinajstić information content (AvgIpc) is 2.76. The highest BCUT2D eigenvalue weighted by atomic mass is 16.3. The van der Waals surface area contributed by atoms with Crippen LogP contribution in [0.4, 0.5) is 0 Å². The summed E-state index contributed by atoms with van der Waals surface area (Å²) in [5, 5.41) is 0. The molecule has 2 nitrogen and oxygen atoms in total. The molecule has 90 valence electrons. The van der Waals surface area contributed by atoms with Crippen LogP contribution in [0.2, 0.25) is 0 Å². The van der Waals surface area contributed by atoms with E-state index in [1.54, 1.807) is 12.5 Å². The molecule has 0 N–H and O–H groups in total. The maximum atomic E-state index is 11.6. The molecule has 0 aliphatic heterocycles. The van der Waals surface area contributed by atoms with Crippen LogP contribution in [0.15, 0.2) is 23.0 Å². The minimum atomic E-state index is 0.330. The van der Waals surface area contributed by atoms with Gasteiger partial charge in [-0.3, -0.25) is 4.79 Å². The number of furan rings is 1. The van der Waals surface area contributed by atoms with Crippen molar-refractivity contribution in [3.63, 3.8) is 0 Å². The summed E-state index contributed by atoms with van der Waals surface area (Å²) in [7, 11) is 0. The Labute approximate surface area is 98.0 Å². The summed E-state index contributed by atoms with van der Waals surface area (Å²) in [6.45, 7) is 2.22. The van der Waals surface area contributed by atoms with Gasteiger partial charge in [-0.15, -0.1) is 0 Å². The van der Waals surface area contributed by atoms with E-state index < -0.39 is 0 Å². The molecule has 0 spiro atoms. The van der Waals surface area contributed by atoms with E-state index in [9.17, 15) is 4.79 Å². The van der Waals surface area contributed by atoms with E-state index in [1.807, 2.05) is 6.07 Å². The molecule has 0 aliphatic rings. The van der Waals surface area contributed by atoms with Crippen molar-refractivity contribution in [3.05, 3.63) is 24.2 Å². The van der Waals surface area contributed by atoms with Gasteiger partial charge < -0.3 is 4.42 Å². The molecule has 0 amide bonds. The van der Waals surface area contributed by atoms with Gasteiger partial charge in [0.05, 0.1) is 12.5 Å². The zero-order valence-electron chi connectivity index (χ0n) is 10.2. The van der Waals surface area contributed by atoms with E-state index in [4.69, 9.17) is 4.42 Å². The molecule has 0 radical (unpaired) electrons. The molecule has 16 heavy (non-hydrogen) atoms. The second kappa shape index (κ2) is 8.14. The molecule has 0 fully saturated rings. The second-order valence-electron chi connectivity index (χ2n) is 4.36. The van der Waals surface area contributed by atoms with Crippen LogP contribution in [0, 0.1) is 0 Å². The van der Waals surface area contributed by atoms with Gasteiger partial charge in [0.1, 0.15) is 5.78 Å². The van der Waals surface area contributed by atoms with Crippen LogP contribution < -0.4 is 0 Å². The van der Waals surface area contributed by atoms with Gasteiger partial charge in [0, 0.05) is 12.8 Å². The third-order valence-electron chi connectivity index (χ3n) is 2.79. The van der Waals surface area contributed by atoms with Gasteiger partial charge in [-0.2, -0.15) is 0 Å². The first-order valence-corrected chi connectivity index (χ1v) is 6.35. The van der Waals surface area contributed by atoms with E-state index in [-0.39, 0.29) is 0 Å². The van der Waals surface area contributed by atoms with Crippen LogP contribution in [0.25, 0.3) is 0 Å². The first-order valence-electron chi connectivity index (χ1n) is 6.35. The predicted molar refractivity (Wildman–Crippen MR) is 65.4 cm³/mol. The average molecular weight is 222 g/mol. The molecule has 2 heteroatoms. The fourth-order valence-corrected chi connectivity index (χ4v) is 1.81. The topological polar surface area (TPSA) is 30.2 Å². The maximum Gasteiger partial charge on any atom is 0.137 e. The molecular formula is C14H22O2. The number of hydrogen-bond donors (Lipinski definition) is 0. The Morgan fingerprint density at radius 2 is 1.94 bits per heavy atom. The number of rotatable bonds is 9. The minimum absolute atomic E-state index is 0.330. The van der Waals surface area contributed by atoms with Crippen molar-refractivity contribution >= 4 is 5.78 Å². The Hall–Kier alpha value is -1.05. The molecule has 0 bridgehead atoms. The van der Waals surface area contributed by atoms with Gasteiger partial charge in [-0.1, -0.05) is 39.0 Å². The van der Waals surface area contributed by atoms with Gasteiger partial charge in [-0.25, -0.2) is 0 Å². The van der Waals surface area contributed by atoms with Crippen LogP contribution >= 0.6 is 0 Å². The number of ketones is 1. The zero-order valence-corrected chi connectivity index (χ0v) is 10.2. The fraction of sp³-hybridized carbons (Fsp3) is 0.643. The Bertz CT molecular complexity index is 275. The molecule has 0 unspecified atom stereocenters. The summed E-state index contributed by atoms with van der Waals surface area (Å²) in [6.07, 6.45) is 11.9.